The summed E-state index contributed by atoms with van der Waals surface area (Å²) in [5.41, 5.74) is 5.86. The molecule has 2 aromatic rings. The largest absolute Gasteiger partial charge is 0.341 e. The van der Waals surface area contributed by atoms with Crippen molar-refractivity contribution >= 4 is 29.6 Å². The standard InChI is InChI=1S/C23H23ClN3O5/c1-30-25-23(29)27-12-10-26(11-13-27)21(28)8-6-16-3-2-4-19(24)22(16)18-5-7-20-17(15-18)9-14-31-32-20/h2-3,5-8,15H,9-14H2,1H3,(H,25,29)/b8-6+. The number of amides is 3. The summed E-state index contributed by atoms with van der Waals surface area (Å²) in [6.45, 7) is 2.26. The van der Waals surface area contributed by atoms with Gasteiger partial charge in [-0.05, 0) is 29.3 Å². The van der Waals surface area contributed by atoms with Crippen LogP contribution in [-0.4, -0.2) is 61.6 Å². The van der Waals surface area contributed by atoms with Crippen molar-refractivity contribution in [2.45, 2.75) is 6.42 Å². The first-order valence-corrected chi connectivity index (χ1v) is 10.6. The Morgan fingerprint density at radius 3 is 2.75 bits per heavy atom. The number of fused-ring (bicyclic) bond motifs is 1. The third-order valence-corrected chi connectivity index (χ3v) is 5.71. The molecule has 2 aromatic carbocycles. The zero-order valence-corrected chi connectivity index (χ0v) is 18.4. The van der Waals surface area contributed by atoms with Crippen LogP contribution in [0, 0.1) is 6.07 Å². The van der Waals surface area contributed by atoms with E-state index in [9.17, 15) is 9.59 Å². The number of nitrogens with zero attached hydrogens (tertiary/aromatic N) is 2. The van der Waals surface area contributed by atoms with Crippen LogP contribution >= 0.6 is 11.6 Å². The molecule has 2 aliphatic heterocycles. The molecule has 0 spiro atoms. The molecular formula is C23H23ClN3O5. The molecule has 4 rings (SSSR count). The topological polar surface area (TPSA) is 80.3 Å². The molecule has 0 atom stereocenters. The summed E-state index contributed by atoms with van der Waals surface area (Å²) in [6.07, 6.45) is 4.05. The normalized spacial score (nSPS) is 15.9. The molecule has 1 radical (unpaired) electrons. The molecule has 1 fully saturated rings. The Bertz CT molecular complexity index is 1030. The number of hydrogen-bond donors (Lipinski definition) is 1. The molecule has 8 nitrogen and oxygen atoms in total. The number of hydrogen-bond acceptors (Lipinski definition) is 5. The van der Waals surface area contributed by atoms with Crippen LogP contribution in [0.25, 0.3) is 17.2 Å². The lowest BCUT2D eigenvalue weighted by molar-refractivity contribution is -0.215. The van der Waals surface area contributed by atoms with Gasteiger partial charge in [0.15, 0.2) is 5.75 Å². The van der Waals surface area contributed by atoms with Crippen LogP contribution in [0.2, 0.25) is 5.02 Å². The number of rotatable bonds is 4. The highest BCUT2D eigenvalue weighted by Crippen LogP contribution is 2.35. The molecule has 0 bridgehead atoms. The van der Waals surface area contributed by atoms with Gasteiger partial charge in [0.1, 0.15) is 0 Å². The quantitative estimate of drug-likeness (QED) is 0.434. The molecule has 167 valence electrons. The number of hydroxylamine groups is 1. The average molecular weight is 457 g/mol. The Morgan fingerprint density at radius 2 is 1.97 bits per heavy atom. The number of benzene rings is 2. The first-order chi connectivity index (χ1) is 15.6. The predicted octanol–water partition coefficient (Wildman–Crippen LogP) is 3.10. The molecule has 2 aliphatic rings. The van der Waals surface area contributed by atoms with Crippen molar-refractivity contribution in [3.05, 3.63) is 58.6 Å². The Balaban J connectivity index is 1.49. The maximum atomic E-state index is 12.7. The lowest BCUT2D eigenvalue weighted by Crippen LogP contribution is -2.52. The number of carbonyl (C=O) groups is 2. The molecule has 1 N–H and O–H groups in total. The maximum absolute atomic E-state index is 12.7. The van der Waals surface area contributed by atoms with Gasteiger partial charge in [-0.2, -0.15) is 4.89 Å². The van der Waals surface area contributed by atoms with Crippen molar-refractivity contribution in [3.63, 3.8) is 0 Å². The summed E-state index contributed by atoms with van der Waals surface area (Å²) in [7, 11) is 1.39. The molecular weight excluding hydrogens is 434 g/mol. The highest BCUT2D eigenvalue weighted by Gasteiger charge is 2.23. The van der Waals surface area contributed by atoms with Gasteiger partial charge in [0.25, 0.3) is 0 Å². The van der Waals surface area contributed by atoms with Crippen molar-refractivity contribution in [2.24, 2.45) is 0 Å². The van der Waals surface area contributed by atoms with E-state index in [1.165, 1.54) is 13.2 Å². The second kappa shape index (κ2) is 10.0. The zero-order chi connectivity index (χ0) is 22.5. The highest BCUT2D eigenvalue weighted by molar-refractivity contribution is 6.33. The average Bonchev–Trinajstić information content (AvgIpc) is 2.82. The van der Waals surface area contributed by atoms with E-state index in [1.807, 2.05) is 24.3 Å². The Labute approximate surface area is 191 Å². The van der Waals surface area contributed by atoms with Gasteiger partial charge in [0.2, 0.25) is 5.91 Å². The summed E-state index contributed by atoms with van der Waals surface area (Å²) in [6, 6.07) is 12.1. The summed E-state index contributed by atoms with van der Waals surface area (Å²) >= 11 is 6.49. The minimum atomic E-state index is -0.308. The number of nitrogens with one attached hydrogen (secondary N) is 1. The van der Waals surface area contributed by atoms with E-state index < -0.39 is 0 Å². The lowest BCUT2D eigenvalue weighted by Gasteiger charge is -2.33. The van der Waals surface area contributed by atoms with Crippen LogP contribution in [0.15, 0.2) is 36.4 Å². The van der Waals surface area contributed by atoms with Crippen LogP contribution in [0.4, 0.5) is 4.79 Å². The maximum Gasteiger partial charge on any atom is 0.341 e. The third-order valence-electron chi connectivity index (χ3n) is 5.41. The van der Waals surface area contributed by atoms with Gasteiger partial charge in [-0.1, -0.05) is 29.8 Å². The van der Waals surface area contributed by atoms with E-state index in [1.54, 1.807) is 21.9 Å². The van der Waals surface area contributed by atoms with Crippen molar-refractivity contribution in [1.29, 1.82) is 0 Å². The van der Waals surface area contributed by atoms with E-state index in [4.69, 9.17) is 21.4 Å². The Kier molecular flexibility index (Phi) is 6.94. The molecule has 3 amide bonds. The van der Waals surface area contributed by atoms with E-state index in [0.29, 0.717) is 43.6 Å². The molecule has 0 aliphatic carbocycles. The molecule has 32 heavy (non-hydrogen) atoms. The van der Waals surface area contributed by atoms with Crippen molar-refractivity contribution in [1.82, 2.24) is 15.3 Å². The summed E-state index contributed by atoms with van der Waals surface area (Å²) < 4.78 is 0. The monoisotopic (exact) mass is 456 g/mol. The molecule has 9 heteroatoms. The molecule has 2 heterocycles. The van der Waals surface area contributed by atoms with Crippen LogP contribution < -0.4 is 10.4 Å². The fourth-order valence-corrected chi connectivity index (χ4v) is 4.02. The fourth-order valence-electron chi connectivity index (χ4n) is 3.74. The molecule has 1 saturated heterocycles. The van der Waals surface area contributed by atoms with E-state index in [0.717, 1.165) is 28.7 Å². The van der Waals surface area contributed by atoms with Gasteiger partial charge >= 0.3 is 6.03 Å². The molecule has 0 aromatic heterocycles. The third kappa shape index (κ3) is 4.88. The van der Waals surface area contributed by atoms with Crippen molar-refractivity contribution < 1.29 is 24.2 Å². The molecule has 0 saturated carbocycles. The smallest absolute Gasteiger partial charge is 0.337 e. The van der Waals surface area contributed by atoms with Crippen molar-refractivity contribution in [3.8, 4) is 16.9 Å². The van der Waals surface area contributed by atoms with Crippen LogP contribution in [0.3, 0.4) is 0 Å². The van der Waals surface area contributed by atoms with Gasteiger partial charge in [0, 0.05) is 55.9 Å². The van der Waals surface area contributed by atoms with Gasteiger partial charge in [-0.3, -0.25) is 9.63 Å². The van der Waals surface area contributed by atoms with Gasteiger partial charge in [-0.25, -0.2) is 10.3 Å². The van der Waals surface area contributed by atoms with E-state index in [-0.39, 0.29) is 11.9 Å². The Morgan fingerprint density at radius 1 is 1.19 bits per heavy atom. The number of urea groups is 1. The lowest BCUT2D eigenvalue weighted by atomic mass is 9.96. The van der Waals surface area contributed by atoms with Crippen molar-refractivity contribution in [2.75, 3.05) is 39.9 Å². The summed E-state index contributed by atoms with van der Waals surface area (Å²) in [5, 5.41) is 0.477. The van der Waals surface area contributed by atoms with Gasteiger partial charge < -0.3 is 14.7 Å². The molecule has 0 unspecified atom stereocenters. The van der Waals surface area contributed by atoms with Gasteiger partial charge in [0.05, 0.1) is 18.7 Å². The summed E-state index contributed by atoms with van der Waals surface area (Å²) in [4.78, 5) is 42.7. The highest BCUT2D eigenvalue weighted by atomic mass is 35.5. The second-order valence-corrected chi connectivity index (χ2v) is 7.73. The number of halogens is 1. The first-order valence-electron chi connectivity index (χ1n) is 10.2. The minimum absolute atomic E-state index is 0.123. The SMILES string of the molecule is CONC(=O)N1CCN(C(=O)/C=C/c2cc[c]c(Cl)c2-c2ccc3c(c2)CCOO3)CC1. The van der Waals surface area contributed by atoms with E-state index >= 15 is 0 Å². The zero-order valence-electron chi connectivity index (χ0n) is 17.6. The van der Waals surface area contributed by atoms with Crippen LogP contribution in [0.5, 0.6) is 5.75 Å². The predicted molar refractivity (Wildman–Crippen MR) is 119 cm³/mol. The first kappa shape index (κ1) is 22.1. The number of piperazine rings is 1. The second-order valence-electron chi connectivity index (χ2n) is 7.36. The van der Waals surface area contributed by atoms with Crippen LogP contribution in [-0.2, 0) is 20.9 Å². The van der Waals surface area contributed by atoms with E-state index in [2.05, 4.69) is 16.4 Å². The van der Waals surface area contributed by atoms with Gasteiger partial charge in [-0.15, -0.1) is 0 Å². The minimum Gasteiger partial charge on any atom is -0.337 e. The number of carbonyl (C=O) groups excluding carboxylic acids is 2. The van der Waals surface area contributed by atoms with Crippen LogP contribution in [0.1, 0.15) is 11.1 Å². The summed E-state index contributed by atoms with van der Waals surface area (Å²) in [5.74, 6) is 0.573. The Hall–Kier alpha value is -3.07. The fraction of sp³-hybridized carbons (Fsp3) is 0.304.